The molecule has 10 heavy (non-hydrogen) atoms. The van der Waals surface area contributed by atoms with Crippen molar-refractivity contribution in [2.45, 2.75) is 27.2 Å². The third-order valence-corrected chi connectivity index (χ3v) is 1.01. The van der Waals surface area contributed by atoms with E-state index in [1.165, 1.54) is 0 Å². The van der Waals surface area contributed by atoms with Crippen LogP contribution >= 0.6 is 0 Å². The Morgan fingerprint density at radius 2 is 2.10 bits per heavy atom. The number of hydrogen-bond acceptors (Lipinski definition) is 2. The van der Waals surface area contributed by atoms with Gasteiger partial charge < -0.3 is 5.32 Å². The van der Waals surface area contributed by atoms with Gasteiger partial charge >= 0.3 is 0 Å². The fourth-order valence-electron chi connectivity index (χ4n) is 0.629. The number of amides is 1. The first kappa shape index (κ1) is 9.14. The molecule has 0 saturated carbocycles. The van der Waals surface area contributed by atoms with E-state index in [0.717, 1.165) is 5.84 Å². The summed E-state index contributed by atoms with van der Waals surface area (Å²) in [5, 5.41) is 2.59. The van der Waals surface area contributed by atoms with Crippen LogP contribution in [0, 0.1) is 0 Å². The van der Waals surface area contributed by atoms with Crippen LogP contribution < -0.4 is 5.32 Å². The summed E-state index contributed by atoms with van der Waals surface area (Å²) < 4.78 is 0. The summed E-state index contributed by atoms with van der Waals surface area (Å²) in [6, 6.07) is 0. The minimum Gasteiger partial charge on any atom is -0.315 e. The molecule has 0 unspecified atom stereocenters. The molecule has 0 fully saturated rings. The molecule has 0 aromatic carbocycles. The maximum atomic E-state index is 10.5. The van der Waals surface area contributed by atoms with Crippen molar-refractivity contribution >= 4 is 11.7 Å². The summed E-state index contributed by atoms with van der Waals surface area (Å²) >= 11 is 0. The van der Waals surface area contributed by atoms with E-state index in [2.05, 4.69) is 10.3 Å². The van der Waals surface area contributed by atoms with Crippen molar-refractivity contribution in [1.29, 1.82) is 0 Å². The van der Waals surface area contributed by atoms with Gasteiger partial charge in [-0.25, -0.2) is 0 Å². The zero-order valence-corrected chi connectivity index (χ0v) is 6.77. The Labute approximate surface area is 61.5 Å². The van der Waals surface area contributed by atoms with Gasteiger partial charge in [-0.1, -0.05) is 13.8 Å². The molecular weight excluding hydrogens is 128 g/mol. The van der Waals surface area contributed by atoms with Gasteiger partial charge in [-0.2, -0.15) is 0 Å². The Morgan fingerprint density at radius 3 is 2.40 bits per heavy atom. The molecule has 58 valence electrons. The van der Waals surface area contributed by atoms with Crippen molar-refractivity contribution in [3.63, 3.8) is 0 Å². The Kier molecular flexibility index (Phi) is 4.54. The molecule has 3 heteroatoms. The van der Waals surface area contributed by atoms with Crippen molar-refractivity contribution in [3.05, 3.63) is 0 Å². The van der Waals surface area contributed by atoms with Crippen LogP contribution in [0.25, 0.3) is 0 Å². The Hall–Kier alpha value is -0.860. The number of carbonyl (C=O) groups excluding carboxylic acids is 1. The molecule has 1 amide bonds. The molecule has 1 heterocycles. The smallest absolute Gasteiger partial charge is 0.227 e. The average molecular weight is 142 g/mol. The number of nitrogens with one attached hydrogen (secondary N) is 1. The summed E-state index contributed by atoms with van der Waals surface area (Å²) in [5.41, 5.74) is 0. The van der Waals surface area contributed by atoms with Gasteiger partial charge in [0.15, 0.2) is 0 Å². The normalized spacial score (nSPS) is 16.3. The van der Waals surface area contributed by atoms with E-state index in [1.807, 2.05) is 13.8 Å². The van der Waals surface area contributed by atoms with E-state index in [0.29, 0.717) is 13.0 Å². The fraction of sp³-hybridized carbons (Fsp3) is 0.714. The highest BCUT2D eigenvalue weighted by Gasteiger charge is 2.05. The molecule has 0 bridgehead atoms. The van der Waals surface area contributed by atoms with Crippen LogP contribution in [0.2, 0.25) is 0 Å². The summed E-state index contributed by atoms with van der Waals surface area (Å²) in [6.45, 7) is 6.44. The molecule has 0 saturated heterocycles. The van der Waals surface area contributed by atoms with Crippen LogP contribution in [0.3, 0.4) is 0 Å². The molecule has 0 aromatic rings. The third-order valence-electron chi connectivity index (χ3n) is 1.01. The molecule has 1 N–H and O–H groups in total. The minimum absolute atomic E-state index is 0.0810. The molecule has 0 spiro atoms. The van der Waals surface area contributed by atoms with Gasteiger partial charge in [-0.15, -0.1) is 0 Å². The number of rotatable bonds is 0. The van der Waals surface area contributed by atoms with Crippen molar-refractivity contribution in [2.24, 2.45) is 4.99 Å². The predicted octanol–water partition coefficient (Wildman–Crippen LogP) is 0.951. The van der Waals surface area contributed by atoms with Gasteiger partial charge in [-0.3, -0.25) is 9.79 Å². The molecule has 1 aliphatic heterocycles. The fourth-order valence-corrected chi connectivity index (χ4v) is 0.629. The van der Waals surface area contributed by atoms with Crippen molar-refractivity contribution in [1.82, 2.24) is 5.32 Å². The highest BCUT2D eigenvalue weighted by molar-refractivity contribution is 5.98. The summed E-state index contributed by atoms with van der Waals surface area (Å²) in [6.07, 6.45) is 0.539. The lowest BCUT2D eigenvalue weighted by Crippen LogP contribution is -2.32. The maximum Gasteiger partial charge on any atom is 0.227 e. The highest BCUT2D eigenvalue weighted by Crippen LogP contribution is 1.88. The molecular formula is C7H14N2O. The van der Waals surface area contributed by atoms with E-state index in [9.17, 15) is 4.79 Å². The lowest BCUT2D eigenvalue weighted by atomic mass is 10.3. The van der Waals surface area contributed by atoms with Gasteiger partial charge in [0.25, 0.3) is 0 Å². The average Bonchev–Trinajstić information content (AvgIpc) is 1.91. The van der Waals surface area contributed by atoms with Crippen LogP contribution in [-0.4, -0.2) is 18.3 Å². The largest absolute Gasteiger partial charge is 0.315 e. The van der Waals surface area contributed by atoms with Crippen molar-refractivity contribution in [2.75, 3.05) is 6.54 Å². The molecule has 0 aliphatic carbocycles. The molecule has 3 nitrogen and oxygen atoms in total. The number of hydrogen-bond donors (Lipinski definition) is 1. The van der Waals surface area contributed by atoms with Gasteiger partial charge in [0.05, 0.1) is 5.84 Å². The Balaban J connectivity index is 0.000000371. The lowest BCUT2D eigenvalue weighted by molar-refractivity contribution is -0.119. The second kappa shape index (κ2) is 4.97. The highest BCUT2D eigenvalue weighted by atomic mass is 16.1. The summed E-state index contributed by atoms with van der Waals surface area (Å²) in [5.74, 6) is 0.818. The van der Waals surface area contributed by atoms with E-state index >= 15 is 0 Å². The monoisotopic (exact) mass is 142 g/mol. The minimum atomic E-state index is 0.0810. The van der Waals surface area contributed by atoms with E-state index in [4.69, 9.17) is 0 Å². The molecule has 1 rings (SSSR count). The SMILES string of the molecule is CC.CC1=NCCC(=O)N1. The van der Waals surface area contributed by atoms with E-state index in [-0.39, 0.29) is 5.91 Å². The maximum absolute atomic E-state index is 10.5. The Morgan fingerprint density at radius 1 is 1.50 bits per heavy atom. The number of carbonyl (C=O) groups is 1. The van der Waals surface area contributed by atoms with Crippen LogP contribution in [0.15, 0.2) is 4.99 Å². The third kappa shape index (κ3) is 3.22. The van der Waals surface area contributed by atoms with Crippen LogP contribution in [0.5, 0.6) is 0 Å². The van der Waals surface area contributed by atoms with E-state index < -0.39 is 0 Å². The zero-order chi connectivity index (χ0) is 7.98. The summed E-state index contributed by atoms with van der Waals surface area (Å²) in [7, 11) is 0. The number of nitrogens with zero attached hydrogens (tertiary/aromatic N) is 1. The standard InChI is InChI=1S/C5H8N2O.C2H6/c1-4-6-3-2-5(8)7-4;1-2/h2-3H2,1H3,(H,6,7,8);1-2H3. The van der Waals surface area contributed by atoms with E-state index in [1.54, 1.807) is 6.92 Å². The molecule has 0 aromatic heterocycles. The first-order chi connectivity index (χ1) is 4.79. The number of amidine groups is 1. The first-order valence-electron chi connectivity index (χ1n) is 3.60. The van der Waals surface area contributed by atoms with Gasteiger partial charge in [-0.05, 0) is 6.92 Å². The van der Waals surface area contributed by atoms with Crippen LogP contribution in [-0.2, 0) is 4.79 Å². The van der Waals surface area contributed by atoms with Crippen LogP contribution in [0.1, 0.15) is 27.2 Å². The van der Waals surface area contributed by atoms with Crippen molar-refractivity contribution in [3.8, 4) is 0 Å². The molecule has 0 radical (unpaired) electrons. The van der Waals surface area contributed by atoms with Crippen LogP contribution in [0.4, 0.5) is 0 Å². The zero-order valence-electron chi connectivity index (χ0n) is 6.77. The predicted molar refractivity (Wildman–Crippen MR) is 42.1 cm³/mol. The molecule has 0 atom stereocenters. The first-order valence-corrected chi connectivity index (χ1v) is 3.60. The lowest BCUT2D eigenvalue weighted by Gasteiger charge is -2.07. The van der Waals surface area contributed by atoms with Gasteiger partial charge in [0.1, 0.15) is 0 Å². The Bertz CT molecular complexity index is 141. The quantitative estimate of drug-likeness (QED) is 0.537. The number of aliphatic imine (C=N–C) groups is 1. The molecule has 1 aliphatic rings. The second-order valence-electron chi connectivity index (χ2n) is 1.77. The van der Waals surface area contributed by atoms with Gasteiger partial charge in [0.2, 0.25) is 5.91 Å². The van der Waals surface area contributed by atoms with Gasteiger partial charge in [0, 0.05) is 13.0 Å². The van der Waals surface area contributed by atoms with Crippen molar-refractivity contribution < 1.29 is 4.79 Å². The second-order valence-corrected chi connectivity index (χ2v) is 1.77. The summed E-state index contributed by atoms with van der Waals surface area (Å²) in [4.78, 5) is 14.4. The topological polar surface area (TPSA) is 41.5 Å².